The highest BCUT2D eigenvalue weighted by Gasteiger charge is 2.31. The monoisotopic (exact) mass is 540 g/mol. The highest BCUT2D eigenvalue weighted by Crippen LogP contribution is 2.26. The van der Waals surface area contributed by atoms with Crippen molar-refractivity contribution in [3.63, 3.8) is 0 Å². The molecule has 1 unspecified atom stereocenters. The Morgan fingerprint density at radius 2 is 1.36 bits per heavy atom. The third-order valence-electron chi connectivity index (χ3n) is 6.60. The van der Waals surface area contributed by atoms with Gasteiger partial charge in [-0.05, 0) is 59.4 Å². The van der Waals surface area contributed by atoms with Gasteiger partial charge in [-0.25, -0.2) is 0 Å². The van der Waals surface area contributed by atoms with Gasteiger partial charge in [-0.3, -0.25) is 9.59 Å². The van der Waals surface area contributed by atoms with Gasteiger partial charge in [-0.1, -0.05) is 96.5 Å². The van der Waals surface area contributed by atoms with E-state index in [1.807, 2.05) is 97.1 Å². The molecule has 0 saturated carbocycles. The van der Waals surface area contributed by atoms with Gasteiger partial charge in [0.2, 0.25) is 11.8 Å². The molecule has 0 saturated heterocycles. The summed E-state index contributed by atoms with van der Waals surface area (Å²) < 4.78 is 5.23. The van der Waals surface area contributed by atoms with Gasteiger partial charge in [0.15, 0.2) is 0 Å². The number of benzene rings is 4. The summed E-state index contributed by atoms with van der Waals surface area (Å²) in [7, 11) is 1.63. The van der Waals surface area contributed by atoms with Crippen LogP contribution >= 0.6 is 11.6 Å². The smallest absolute Gasteiger partial charge is 0.247 e. The van der Waals surface area contributed by atoms with Crippen molar-refractivity contribution in [2.45, 2.75) is 31.8 Å². The van der Waals surface area contributed by atoms with E-state index in [-0.39, 0.29) is 18.4 Å². The molecule has 39 heavy (non-hydrogen) atoms. The third-order valence-corrected chi connectivity index (χ3v) is 6.86. The first-order chi connectivity index (χ1) is 19.0. The molecule has 4 aromatic carbocycles. The molecule has 4 aromatic rings. The lowest BCUT2D eigenvalue weighted by atomic mass is 10.0. The summed E-state index contributed by atoms with van der Waals surface area (Å²) in [5, 5.41) is 3.70. The second-order valence-electron chi connectivity index (χ2n) is 9.34. The van der Waals surface area contributed by atoms with Gasteiger partial charge >= 0.3 is 0 Å². The van der Waals surface area contributed by atoms with E-state index < -0.39 is 6.04 Å². The molecule has 0 spiro atoms. The van der Waals surface area contributed by atoms with Crippen LogP contribution in [-0.2, 0) is 29.0 Å². The van der Waals surface area contributed by atoms with Crippen molar-refractivity contribution in [1.82, 2.24) is 10.2 Å². The van der Waals surface area contributed by atoms with E-state index in [9.17, 15) is 9.59 Å². The topological polar surface area (TPSA) is 58.6 Å². The normalized spacial score (nSPS) is 11.4. The molecule has 200 valence electrons. The Labute approximate surface area is 235 Å². The van der Waals surface area contributed by atoms with Crippen LogP contribution in [-0.4, -0.2) is 30.4 Å². The van der Waals surface area contributed by atoms with Crippen LogP contribution in [0.2, 0.25) is 5.02 Å². The van der Waals surface area contributed by atoms with E-state index in [1.165, 1.54) is 0 Å². The number of nitrogens with one attached hydrogen (secondary N) is 1. The van der Waals surface area contributed by atoms with Gasteiger partial charge in [-0.2, -0.15) is 0 Å². The lowest BCUT2D eigenvalue weighted by Gasteiger charge is -2.32. The Morgan fingerprint density at radius 3 is 2.00 bits per heavy atom. The fourth-order valence-corrected chi connectivity index (χ4v) is 4.60. The van der Waals surface area contributed by atoms with Crippen molar-refractivity contribution < 1.29 is 14.3 Å². The van der Waals surface area contributed by atoms with Crippen molar-refractivity contribution in [1.29, 1.82) is 0 Å². The van der Waals surface area contributed by atoms with Crippen LogP contribution in [0.5, 0.6) is 5.75 Å². The minimum atomic E-state index is -0.777. The SMILES string of the molecule is COc1ccc(CCNC(=O)C(c2ccccc2)N(Cc2ccc(Cl)cc2)C(=O)CCc2ccccc2)cc1. The van der Waals surface area contributed by atoms with Crippen LogP contribution < -0.4 is 10.1 Å². The van der Waals surface area contributed by atoms with Crippen molar-refractivity contribution in [2.75, 3.05) is 13.7 Å². The molecule has 0 radical (unpaired) electrons. The molecule has 6 heteroatoms. The predicted molar refractivity (Wildman–Crippen MR) is 156 cm³/mol. The average Bonchev–Trinajstić information content (AvgIpc) is 2.98. The Balaban J connectivity index is 1.56. The maximum absolute atomic E-state index is 13.8. The lowest BCUT2D eigenvalue weighted by Crippen LogP contribution is -2.44. The molecule has 0 aromatic heterocycles. The first-order valence-corrected chi connectivity index (χ1v) is 13.4. The molecule has 0 heterocycles. The van der Waals surface area contributed by atoms with Crippen LogP contribution in [0.4, 0.5) is 0 Å². The van der Waals surface area contributed by atoms with Crippen LogP contribution in [0.25, 0.3) is 0 Å². The third kappa shape index (κ3) is 8.20. The summed E-state index contributed by atoms with van der Waals surface area (Å²) in [6, 6.07) is 33.8. The molecule has 0 bridgehead atoms. The van der Waals surface area contributed by atoms with Gasteiger partial charge in [0.25, 0.3) is 0 Å². The van der Waals surface area contributed by atoms with Gasteiger partial charge in [0, 0.05) is 24.5 Å². The zero-order valence-corrected chi connectivity index (χ0v) is 22.8. The van der Waals surface area contributed by atoms with Gasteiger partial charge in [0.1, 0.15) is 11.8 Å². The number of rotatable bonds is 12. The number of aryl methyl sites for hydroxylation is 1. The predicted octanol–water partition coefficient (Wildman–Crippen LogP) is 6.41. The summed E-state index contributed by atoms with van der Waals surface area (Å²) in [5.74, 6) is 0.489. The number of amides is 2. The first-order valence-electron chi connectivity index (χ1n) is 13.1. The molecule has 0 aliphatic heterocycles. The quantitative estimate of drug-likeness (QED) is 0.226. The molecule has 0 fully saturated rings. The van der Waals surface area contributed by atoms with E-state index in [0.717, 1.165) is 28.0 Å². The number of hydrogen-bond acceptors (Lipinski definition) is 3. The molecule has 4 rings (SSSR count). The largest absolute Gasteiger partial charge is 0.497 e. The Bertz CT molecular complexity index is 1330. The van der Waals surface area contributed by atoms with E-state index in [1.54, 1.807) is 24.1 Å². The van der Waals surface area contributed by atoms with E-state index in [0.29, 0.717) is 30.8 Å². The van der Waals surface area contributed by atoms with E-state index in [2.05, 4.69) is 5.32 Å². The highest BCUT2D eigenvalue weighted by molar-refractivity contribution is 6.30. The highest BCUT2D eigenvalue weighted by atomic mass is 35.5. The summed E-state index contributed by atoms with van der Waals surface area (Å²) in [6.45, 7) is 0.734. The maximum Gasteiger partial charge on any atom is 0.247 e. The first kappa shape index (κ1) is 27.9. The molecular formula is C33H33ClN2O3. The molecule has 1 N–H and O–H groups in total. The second kappa shape index (κ2) is 14.2. The summed E-state index contributed by atoms with van der Waals surface area (Å²) in [6.07, 6.45) is 1.55. The number of methoxy groups -OCH3 is 1. The van der Waals surface area contributed by atoms with Crippen LogP contribution in [0, 0.1) is 0 Å². The van der Waals surface area contributed by atoms with Crippen molar-refractivity contribution >= 4 is 23.4 Å². The Hall–Kier alpha value is -4.09. The Morgan fingerprint density at radius 1 is 0.769 bits per heavy atom. The number of hydrogen-bond donors (Lipinski definition) is 1. The standard InChI is InChI=1S/C33H33ClN2O3/c1-39-30-19-14-26(15-20-30)22-23-35-33(38)32(28-10-6-3-7-11-28)36(24-27-12-17-29(34)18-13-27)31(37)21-16-25-8-4-2-5-9-25/h2-15,17-20,32H,16,21-24H2,1H3,(H,35,38). The summed E-state index contributed by atoms with van der Waals surface area (Å²) >= 11 is 6.11. The number of carbonyl (C=O) groups excluding carboxylic acids is 2. The minimum absolute atomic E-state index is 0.0899. The fraction of sp³-hybridized carbons (Fsp3) is 0.212. The molecule has 1 atom stereocenters. The molecule has 0 aliphatic rings. The lowest BCUT2D eigenvalue weighted by molar-refractivity contribution is -0.141. The van der Waals surface area contributed by atoms with Crippen LogP contribution in [0.3, 0.4) is 0 Å². The molecular weight excluding hydrogens is 508 g/mol. The number of carbonyl (C=O) groups is 2. The minimum Gasteiger partial charge on any atom is -0.497 e. The van der Waals surface area contributed by atoms with Crippen molar-refractivity contribution in [2.24, 2.45) is 0 Å². The number of halogens is 1. The molecule has 2 amide bonds. The van der Waals surface area contributed by atoms with Gasteiger partial charge < -0.3 is 15.0 Å². The summed E-state index contributed by atoms with van der Waals surface area (Å²) in [5.41, 5.74) is 3.84. The summed E-state index contributed by atoms with van der Waals surface area (Å²) in [4.78, 5) is 29.2. The number of ether oxygens (including phenoxy) is 1. The van der Waals surface area contributed by atoms with Gasteiger partial charge in [0.05, 0.1) is 7.11 Å². The van der Waals surface area contributed by atoms with E-state index >= 15 is 0 Å². The molecule has 0 aliphatic carbocycles. The van der Waals surface area contributed by atoms with Gasteiger partial charge in [-0.15, -0.1) is 0 Å². The van der Waals surface area contributed by atoms with Crippen LogP contribution in [0.1, 0.15) is 34.7 Å². The van der Waals surface area contributed by atoms with Crippen molar-refractivity contribution in [3.8, 4) is 5.75 Å². The van der Waals surface area contributed by atoms with E-state index in [4.69, 9.17) is 16.3 Å². The Kier molecular flexibility index (Phi) is 10.1. The average molecular weight is 541 g/mol. The number of nitrogens with zero attached hydrogens (tertiary/aromatic N) is 1. The zero-order chi connectivity index (χ0) is 27.5. The maximum atomic E-state index is 13.8. The van der Waals surface area contributed by atoms with Crippen molar-refractivity contribution in [3.05, 3.63) is 136 Å². The molecule has 5 nitrogen and oxygen atoms in total. The zero-order valence-electron chi connectivity index (χ0n) is 22.1. The fourth-order valence-electron chi connectivity index (χ4n) is 4.48. The second-order valence-corrected chi connectivity index (χ2v) is 9.77. The van der Waals surface area contributed by atoms with Crippen LogP contribution in [0.15, 0.2) is 109 Å².